The summed E-state index contributed by atoms with van der Waals surface area (Å²) in [5.74, 6) is -0.145. The lowest BCUT2D eigenvalue weighted by Gasteiger charge is -2.10. The minimum atomic E-state index is -0.207. The summed E-state index contributed by atoms with van der Waals surface area (Å²) < 4.78 is 1.96. The van der Waals surface area contributed by atoms with Crippen LogP contribution in [-0.2, 0) is 11.2 Å². The summed E-state index contributed by atoms with van der Waals surface area (Å²) in [4.78, 5) is 17.7. The largest absolute Gasteiger partial charge is 0.506 e. The molecule has 2 aromatic heterocycles. The van der Waals surface area contributed by atoms with E-state index >= 15 is 0 Å². The first kappa shape index (κ1) is 19.7. The fraction of sp³-hybridized carbons (Fsp3) is 0.200. The van der Waals surface area contributed by atoms with Gasteiger partial charge in [0.25, 0.3) is 0 Å². The van der Waals surface area contributed by atoms with Crippen LogP contribution in [0.25, 0.3) is 16.9 Å². The molecule has 4 aromatic rings. The lowest BCUT2D eigenvalue weighted by molar-refractivity contribution is -0.115. The number of phenols is 1. The quantitative estimate of drug-likeness (QED) is 0.468. The highest BCUT2D eigenvalue weighted by atomic mass is 16.3. The summed E-state index contributed by atoms with van der Waals surface area (Å²) in [6.45, 7) is 8.07. The second-order valence-corrected chi connectivity index (χ2v) is 7.88. The van der Waals surface area contributed by atoms with Gasteiger partial charge in [-0.1, -0.05) is 18.2 Å². The molecule has 4 rings (SSSR count). The van der Waals surface area contributed by atoms with Crippen LogP contribution in [-0.4, -0.2) is 20.4 Å². The van der Waals surface area contributed by atoms with Crippen molar-refractivity contribution in [1.29, 1.82) is 0 Å². The number of fused-ring (bicyclic) bond motifs is 1. The highest BCUT2D eigenvalue weighted by Crippen LogP contribution is 2.28. The molecular formula is C25H25N3O2. The van der Waals surface area contributed by atoms with E-state index < -0.39 is 0 Å². The van der Waals surface area contributed by atoms with Gasteiger partial charge in [-0.15, -0.1) is 0 Å². The van der Waals surface area contributed by atoms with Crippen LogP contribution in [0.4, 0.5) is 5.69 Å². The molecule has 0 unspecified atom stereocenters. The molecule has 0 fully saturated rings. The maximum absolute atomic E-state index is 12.9. The van der Waals surface area contributed by atoms with Crippen LogP contribution >= 0.6 is 0 Å². The van der Waals surface area contributed by atoms with Crippen LogP contribution in [0.15, 0.2) is 54.7 Å². The molecule has 0 saturated carbocycles. The summed E-state index contributed by atoms with van der Waals surface area (Å²) in [6.07, 6.45) is 2.09. The number of imidazole rings is 1. The van der Waals surface area contributed by atoms with Gasteiger partial charge in [-0.3, -0.25) is 4.79 Å². The number of hydrogen-bond donors (Lipinski definition) is 2. The summed E-state index contributed by atoms with van der Waals surface area (Å²) in [5, 5.41) is 12.9. The van der Waals surface area contributed by atoms with Crippen LogP contribution in [0.5, 0.6) is 5.75 Å². The van der Waals surface area contributed by atoms with E-state index in [0.717, 1.165) is 33.7 Å². The average molecular weight is 399 g/mol. The Bertz CT molecular complexity index is 1270. The van der Waals surface area contributed by atoms with Gasteiger partial charge in [0, 0.05) is 11.8 Å². The predicted molar refractivity (Wildman–Crippen MR) is 120 cm³/mol. The molecule has 152 valence electrons. The second kappa shape index (κ2) is 7.67. The molecule has 0 atom stereocenters. The SMILES string of the molecule is Cc1ccc(NC(=O)Cc2c(-c3ccc(C)c(C)c3)nc3cc(C)ccn23)c(O)c1. The molecule has 5 nitrogen and oxygen atoms in total. The fourth-order valence-electron chi connectivity index (χ4n) is 3.58. The van der Waals surface area contributed by atoms with Crippen molar-refractivity contribution in [3.05, 3.63) is 82.7 Å². The number of carbonyl (C=O) groups is 1. The lowest BCUT2D eigenvalue weighted by atomic mass is 10.0. The third-order valence-electron chi connectivity index (χ3n) is 5.42. The van der Waals surface area contributed by atoms with Crippen LogP contribution in [0.2, 0.25) is 0 Å². The molecule has 2 N–H and O–H groups in total. The Morgan fingerprint density at radius 2 is 1.73 bits per heavy atom. The molecule has 5 heteroatoms. The van der Waals surface area contributed by atoms with Crippen molar-refractivity contribution in [3.63, 3.8) is 0 Å². The summed E-state index contributed by atoms with van der Waals surface area (Å²) in [6, 6.07) is 15.4. The zero-order valence-electron chi connectivity index (χ0n) is 17.7. The van der Waals surface area contributed by atoms with Gasteiger partial charge in [0.05, 0.1) is 23.5 Å². The normalized spacial score (nSPS) is 11.1. The second-order valence-electron chi connectivity index (χ2n) is 7.88. The molecule has 0 bridgehead atoms. The monoisotopic (exact) mass is 399 g/mol. The number of phenolic OH excluding ortho intramolecular Hbond substituents is 1. The van der Waals surface area contributed by atoms with Crippen molar-refractivity contribution in [2.24, 2.45) is 0 Å². The summed E-state index contributed by atoms with van der Waals surface area (Å²) >= 11 is 0. The number of carbonyl (C=O) groups excluding carboxylic acids is 1. The molecule has 0 aliphatic carbocycles. The topological polar surface area (TPSA) is 66.6 Å². The third kappa shape index (κ3) is 3.79. The highest BCUT2D eigenvalue weighted by Gasteiger charge is 2.18. The lowest BCUT2D eigenvalue weighted by Crippen LogP contribution is -2.16. The number of benzene rings is 2. The van der Waals surface area contributed by atoms with Crippen LogP contribution < -0.4 is 5.32 Å². The number of pyridine rings is 1. The number of aromatic hydroxyl groups is 1. The number of rotatable bonds is 4. The minimum Gasteiger partial charge on any atom is -0.506 e. The van der Waals surface area contributed by atoms with E-state index in [1.807, 2.05) is 48.7 Å². The molecule has 0 radical (unpaired) electrons. The van der Waals surface area contributed by atoms with Gasteiger partial charge in [0.15, 0.2) is 0 Å². The van der Waals surface area contributed by atoms with Crippen molar-refractivity contribution < 1.29 is 9.90 Å². The van der Waals surface area contributed by atoms with E-state index in [1.165, 1.54) is 11.1 Å². The maximum Gasteiger partial charge on any atom is 0.230 e. The van der Waals surface area contributed by atoms with E-state index in [2.05, 4.69) is 31.3 Å². The molecule has 30 heavy (non-hydrogen) atoms. The van der Waals surface area contributed by atoms with Gasteiger partial charge in [-0.25, -0.2) is 4.98 Å². The molecule has 0 aliphatic heterocycles. The number of hydrogen-bond acceptors (Lipinski definition) is 3. The number of amides is 1. The highest BCUT2D eigenvalue weighted by molar-refractivity contribution is 5.94. The Balaban J connectivity index is 1.74. The molecule has 2 heterocycles. The van der Waals surface area contributed by atoms with E-state index in [1.54, 1.807) is 12.1 Å². The third-order valence-corrected chi connectivity index (χ3v) is 5.42. The van der Waals surface area contributed by atoms with Gasteiger partial charge >= 0.3 is 0 Å². The molecule has 0 aliphatic rings. The Labute approximate surface area is 176 Å². The van der Waals surface area contributed by atoms with Crippen LogP contribution in [0.1, 0.15) is 27.9 Å². The first-order chi connectivity index (χ1) is 14.3. The Hall–Kier alpha value is -3.60. The van der Waals surface area contributed by atoms with Crippen molar-refractivity contribution in [2.45, 2.75) is 34.1 Å². The minimum absolute atomic E-state index is 0.0616. The van der Waals surface area contributed by atoms with Crippen LogP contribution in [0.3, 0.4) is 0 Å². The number of nitrogens with one attached hydrogen (secondary N) is 1. The zero-order valence-corrected chi connectivity index (χ0v) is 17.7. The smallest absolute Gasteiger partial charge is 0.230 e. The van der Waals surface area contributed by atoms with Gasteiger partial charge in [0.1, 0.15) is 11.4 Å². The van der Waals surface area contributed by atoms with Crippen LogP contribution in [0, 0.1) is 27.7 Å². The summed E-state index contributed by atoms with van der Waals surface area (Å²) in [5.41, 5.74) is 8.25. The van der Waals surface area contributed by atoms with E-state index in [4.69, 9.17) is 4.98 Å². The zero-order chi connectivity index (χ0) is 21.4. The average Bonchev–Trinajstić information content (AvgIpc) is 3.03. The van der Waals surface area contributed by atoms with Gasteiger partial charge in [-0.05, 0) is 80.3 Å². The van der Waals surface area contributed by atoms with Gasteiger partial charge in [-0.2, -0.15) is 0 Å². The molecule has 2 aromatic carbocycles. The molecule has 1 amide bonds. The van der Waals surface area contributed by atoms with Crippen molar-refractivity contribution >= 4 is 17.2 Å². The molecular weight excluding hydrogens is 374 g/mol. The molecule has 0 spiro atoms. The standard InChI is InChI=1S/C25H25N3O2/c1-15-5-8-20(22(29)11-15)26-24(30)14-21-25(19-7-6-17(3)18(4)13-19)27-23-12-16(2)9-10-28(21)23/h5-13,29H,14H2,1-4H3,(H,26,30). The van der Waals surface area contributed by atoms with Gasteiger partial charge in [0.2, 0.25) is 5.91 Å². The predicted octanol–water partition coefficient (Wildman–Crippen LogP) is 5.12. The Kier molecular flexibility index (Phi) is 5.04. The Morgan fingerprint density at radius 1 is 0.967 bits per heavy atom. The van der Waals surface area contributed by atoms with E-state index in [-0.39, 0.29) is 18.1 Å². The Morgan fingerprint density at radius 3 is 2.47 bits per heavy atom. The number of anilines is 1. The van der Waals surface area contributed by atoms with Crippen molar-refractivity contribution in [3.8, 4) is 17.0 Å². The fourth-order valence-corrected chi connectivity index (χ4v) is 3.58. The number of aryl methyl sites for hydroxylation is 4. The van der Waals surface area contributed by atoms with Gasteiger partial charge < -0.3 is 14.8 Å². The first-order valence-corrected chi connectivity index (χ1v) is 9.96. The first-order valence-electron chi connectivity index (χ1n) is 9.96. The molecule has 0 saturated heterocycles. The number of nitrogens with zero attached hydrogens (tertiary/aromatic N) is 2. The number of aromatic nitrogens is 2. The van der Waals surface area contributed by atoms with E-state index in [9.17, 15) is 9.90 Å². The van der Waals surface area contributed by atoms with E-state index in [0.29, 0.717) is 5.69 Å². The maximum atomic E-state index is 12.9. The summed E-state index contributed by atoms with van der Waals surface area (Å²) in [7, 11) is 0. The van der Waals surface area contributed by atoms with Crippen molar-refractivity contribution in [1.82, 2.24) is 9.38 Å². The van der Waals surface area contributed by atoms with Crippen molar-refractivity contribution in [2.75, 3.05) is 5.32 Å².